The maximum atomic E-state index is 11.7. The molecule has 1 aromatic rings. The Morgan fingerprint density at radius 2 is 2.11 bits per heavy atom. The minimum atomic E-state index is -3.49. The van der Waals surface area contributed by atoms with Gasteiger partial charge in [0.15, 0.2) is 0 Å². The fourth-order valence-corrected chi connectivity index (χ4v) is 2.79. The van der Waals surface area contributed by atoms with E-state index in [4.69, 9.17) is 5.11 Å². The Hall–Kier alpha value is -1.67. The number of pyridine rings is 1. The molecular formula is C11H16N2O5S. The molecule has 0 amide bonds. The second-order valence-electron chi connectivity index (χ2n) is 4.32. The zero-order valence-electron chi connectivity index (χ0n) is 10.7. The Kier molecular flexibility index (Phi) is 4.84. The third-order valence-corrected chi connectivity index (χ3v) is 3.82. The smallest absolute Gasteiger partial charge is 0.341 e. The number of hydrogen-bond donors (Lipinski definition) is 2. The van der Waals surface area contributed by atoms with Gasteiger partial charge in [-0.15, -0.1) is 0 Å². The van der Waals surface area contributed by atoms with Crippen molar-refractivity contribution in [2.75, 3.05) is 5.75 Å². The van der Waals surface area contributed by atoms with Crippen LogP contribution in [-0.2, 0) is 16.6 Å². The minimum Gasteiger partial charge on any atom is -0.477 e. The molecule has 0 aliphatic rings. The van der Waals surface area contributed by atoms with Crippen LogP contribution in [-0.4, -0.2) is 35.9 Å². The van der Waals surface area contributed by atoms with E-state index < -0.39 is 21.6 Å². The van der Waals surface area contributed by atoms with Gasteiger partial charge < -0.3 is 9.67 Å². The summed E-state index contributed by atoms with van der Waals surface area (Å²) >= 11 is 0. The molecule has 0 spiro atoms. The molecule has 19 heavy (non-hydrogen) atoms. The molecule has 7 nitrogen and oxygen atoms in total. The average molecular weight is 288 g/mol. The molecule has 1 heterocycles. The van der Waals surface area contributed by atoms with Crippen LogP contribution < -0.4 is 10.3 Å². The molecule has 1 rings (SSSR count). The van der Waals surface area contributed by atoms with Crippen LogP contribution in [0.3, 0.4) is 0 Å². The van der Waals surface area contributed by atoms with Gasteiger partial charge in [0.1, 0.15) is 5.56 Å². The average Bonchev–Trinajstić information content (AvgIpc) is 2.25. The van der Waals surface area contributed by atoms with Crippen LogP contribution in [0, 0.1) is 0 Å². The molecule has 0 saturated heterocycles. The summed E-state index contributed by atoms with van der Waals surface area (Å²) in [6.45, 7) is 3.28. The van der Waals surface area contributed by atoms with Crippen molar-refractivity contribution >= 4 is 16.0 Å². The van der Waals surface area contributed by atoms with Gasteiger partial charge in [-0.1, -0.05) is 0 Å². The molecule has 0 bridgehead atoms. The van der Waals surface area contributed by atoms with E-state index in [-0.39, 0.29) is 23.9 Å². The van der Waals surface area contributed by atoms with Crippen LogP contribution >= 0.6 is 0 Å². The van der Waals surface area contributed by atoms with Crippen molar-refractivity contribution < 1.29 is 18.3 Å². The molecule has 0 saturated carbocycles. The van der Waals surface area contributed by atoms with Gasteiger partial charge in [0.05, 0.1) is 5.75 Å². The van der Waals surface area contributed by atoms with Crippen molar-refractivity contribution in [2.45, 2.75) is 26.4 Å². The van der Waals surface area contributed by atoms with Crippen molar-refractivity contribution in [2.24, 2.45) is 0 Å². The van der Waals surface area contributed by atoms with Crippen molar-refractivity contribution in [3.8, 4) is 0 Å². The maximum Gasteiger partial charge on any atom is 0.341 e. The lowest BCUT2D eigenvalue weighted by Crippen LogP contribution is -2.35. The van der Waals surface area contributed by atoms with E-state index in [0.717, 1.165) is 4.57 Å². The van der Waals surface area contributed by atoms with Crippen LogP contribution in [0.1, 0.15) is 24.2 Å². The van der Waals surface area contributed by atoms with Gasteiger partial charge in [-0.2, -0.15) is 0 Å². The Morgan fingerprint density at radius 3 is 2.63 bits per heavy atom. The molecule has 0 atom stereocenters. The van der Waals surface area contributed by atoms with Crippen molar-refractivity contribution in [1.82, 2.24) is 9.29 Å². The van der Waals surface area contributed by atoms with Gasteiger partial charge >= 0.3 is 5.97 Å². The van der Waals surface area contributed by atoms with Gasteiger partial charge in [0.2, 0.25) is 10.0 Å². The SMILES string of the molecule is CC(C)NS(=O)(=O)CCn1cccc(C(=O)O)c1=O. The lowest BCUT2D eigenvalue weighted by molar-refractivity contribution is 0.0694. The van der Waals surface area contributed by atoms with Crippen molar-refractivity contribution in [3.63, 3.8) is 0 Å². The number of aromatic nitrogens is 1. The second kappa shape index (κ2) is 5.98. The van der Waals surface area contributed by atoms with E-state index in [2.05, 4.69) is 4.72 Å². The monoisotopic (exact) mass is 288 g/mol. The normalized spacial score (nSPS) is 11.7. The van der Waals surface area contributed by atoms with Crippen LogP contribution in [0.25, 0.3) is 0 Å². The van der Waals surface area contributed by atoms with Gasteiger partial charge in [0, 0.05) is 18.8 Å². The van der Waals surface area contributed by atoms with Crippen molar-refractivity contribution in [3.05, 3.63) is 34.2 Å². The van der Waals surface area contributed by atoms with Gasteiger partial charge in [-0.3, -0.25) is 4.79 Å². The summed E-state index contributed by atoms with van der Waals surface area (Å²) in [4.78, 5) is 22.5. The third kappa shape index (κ3) is 4.49. The quantitative estimate of drug-likeness (QED) is 0.759. The van der Waals surface area contributed by atoms with Crippen molar-refractivity contribution in [1.29, 1.82) is 0 Å². The summed E-state index contributed by atoms with van der Waals surface area (Å²) in [6.07, 6.45) is 1.36. The first-order valence-electron chi connectivity index (χ1n) is 5.65. The Balaban J connectivity index is 2.88. The van der Waals surface area contributed by atoms with Gasteiger partial charge in [-0.25, -0.2) is 17.9 Å². The molecule has 0 radical (unpaired) electrons. The summed E-state index contributed by atoms with van der Waals surface area (Å²) < 4.78 is 26.7. The molecule has 0 aromatic carbocycles. The molecule has 0 aliphatic carbocycles. The summed E-state index contributed by atoms with van der Waals surface area (Å²) in [5.41, 5.74) is -1.09. The Labute approximate surface area is 110 Å². The molecule has 1 aromatic heterocycles. The number of carboxylic acid groups (broad SMARTS) is 1. The van der Waals surface area contributed by atoms with Gasteiger partial charge in [-0.05, 0) is 26.0 Å². The number of carboxylic acids is 1. The largest absolute Gasteiger partial charge is 0.477 e. The number of aryl methyl sites for hydroxylation is 1. The van der Waals surface area contributed by atoms with E-state index in [0.29, 0.717) is 0 Å². The number of nitrogens with one attached hydrogen (secondary N) is 1. The molecular weight excluding hydrogens is 272 g/mol. The summed E-state index contributed by atoms with van der Waals surface area (Å²) in [7, 11) is -3.49. The first-order chi connectivity index (χ1) is 8.73. The predicted molar refractivity (Wildman–Crippen MR) is 69.7 cm³/mol. The number of carbonyl (C=O) groups is 1. The number of rotatable bonds is 6. The molecule has 2 N–H and O–H groups in total. The topological polar surface area (TPSA) is 105 Å². The zero-order valence-corrected chi connectivity index (χ0v) is 11.5. The number of aromatic carboxylic acids is 1. The lowest BCUT2D eigenvalue weighted by atomic mass is 10.3. The second-order valence-corrected chi connectivity index (χ2v) is 6.19. The summed E-state index contributed by atoms with van der Waals surface area (Å²) in [5.74, 6) is -1.61. The molecule has 0 unspecified atom stereocenters. The third-order valence-electron chi connectivity index (χ3n) is 2.27. The molecule has 0 fully saturated rings. The number of nitrogens with zero attached hydrogens (tertiary/aromatic N) is 1. The zero-order chi connectivity index (χ0) is 14.6. The van der Waals surface area contributed by atoms with E-state index in [1.54, 1.807) is 13.8 Å². The van der Waals surface area contributed by atoms with Crippen LogP contribution in [0.15, 0.2) is 23.1 Å². The summed E-state index contributed by atoms with van der Waals surface area (Å²) in [5, 5.41) is 8.79. The van der Waals surface area contributed by atoms with Crippen LogP contribution in [0.4, 0.5) is 0 Å². The maximum absolute atomic E-state index is 11.7. The highest BCUT2D eigenvalue weighted by molar-refractivity contribution is 7.89. The van der Waals surface area contributed by atoms with E-state index in [1.165, 1.54) is 18.3 Å². The summed E-state index contributed by atoms with van der Waals surface area (Å²) in [6, 6.07) is 2.35. The first-order valence-corrected chi connectivity index (χ1v) is 7.31. The minimum absolute atomic E-state index is 0.0952. The fraction of sp³-hybridized carbons (Fsp3) is 0.455. The number of sulfonamides is 1. The Morgan fingerprint density at radius 1 is 1.47 bits per heavy atom. The number of hydrogen-bond acceptors (Lipinski definition) is 4. The highest BCUT2D eigenvalue weighted by atomic mass is 32.2. The molecule has 106 valence electrons. The van der Waals surface area contributed by atoms with E-state index in [9.17, 15) is 18.0 Å². The van der Waals surface area contributed by atoms with E-state index >= 15 is 0 Å². The van der Waals surface area contributed by atoms with Crippen LogP contribution in [0.5, 0.6) is 0 Å². The first kappa shape index (κ1) is 15.4. The van der Waals surface area contributed by atoms with E-state index in [1.807, 2.05) is 0 Å². The molecule has 0 aliphatic heterocycles. The predicted octanol–water partition coefficient (Wildman–Crippen LogP) is -0.126. The standard InChI is InChI=1S/C11H16N2O5S/c1-8(2)12-19(17,18)7-6-13-5-3-4-9(10(13)14)11(15)16/h3-5,8,12H,6-7H2,1-2H3,(H,15,16). The highest BCUT2D eigenvalue weighted by Crippen LogP contribution is 1.95. The molecule has 8 heteroatoms. The fourth-order valence-electron chi connectivity index (χ4n) is 1.51. The van der Waals surface area contributed by atoms with Gasteiger partial charge in [0.25, 0.3) is 5.56 Å². The lowest BCUT2D eigenvalue weighted by Gasteiger charge is -2.10. The highest BCUT2D eigenvalue weighted by Gasteiger charge is 2.14. The van der Waals surface area contributed by atoms with Crippen LogP contribution in [0.2, 0.25) is 0 Å². The Bertz CT molecular complexity index is 618.